The fourth-order valence-corrected chi connectivity index (χ4v) is 3.28. The molecule has 0 spiro atoms. The number of carbonyl (C=O) groups is 1. The van der Waals surface area contributed by atoms with Gasteiger partial charge in [0.2, 0.25) is 5.91 Å². The average Bonchev–Trinajstić information content (AvgIpc) is 2.55. The van der Waals surface area contributed by atoms with Crippen LogP contribution < -0.4 is 0 Å². The third kappa shape index (κ3) is 4.75. The molecule has 5 heteroatoms. The predicted molar refractivity (Wildman–Crippen MR) is 91.2 cm³/mol. The van der Waals surface area contributed by atoms with Crippen LogP contribution in [0.2, 0.25) is 0 Å². The second kappa shape index (κ2) is 7.88. The van der Waals surface area contributed by atoms with Gasteiger partial charge >= 0.3 is 0 Å². The van der Waals surface area contributed by atoms with E-state index in [0.717, 1.165) is 38.9 Å². The van der Waals surface area contributed by atoms with Crippen LogP contribution >= 0.6 is 0 Å². The van der Waals surface area contributed by atoms with Gasteiger partial charge in [0.1, 0.15) is 0 Å². The van der Waals surface area contributed by atoms with E-state index < -0.39 is 0 Å². The molecule has 5 nitrogen and oxygen atoms in total. The van der Waals surface area contributed by atoms with Gasteiger partial charge in [0.15, 0.2) is 0 Å². The number of aromatic nitrogens is 1. The van der Waals surface area contributed by atoms with E-state index in [1.54, 1.807) is 26.1 Å². The van der Waals surface area contributed by atoms with E-state index in [1.807, 2.05) is 12.4 Å². The average molecular weight is 319 g/mol. The minimum atomic E-state index is -0.204. The van der Waals surface area contributed by atoms with Crippen LogP contribution in [0, 0.1) is 6.92 Å². The summed E-state index contributed by atoms with van der Waals surface area (Å²) in [7, 11) is 5.39. The Bertz CT molecular complexity index is 533. The van der Waals surface area contributed by atoms with Crippen molar-refractivity contribution in [3.63, 3.8) is 0 Å². The summed E-state index contributed by atoms with van der Waals surface area (Å²) in [5, 5.41) is 0. The highest BCUT2D eigenvalue weighted by Gasteiger charge is 2.35. The first-order valence-electron chi connectivity index (χ1n) is 8.33. The Labute approximate surface area is 139 Å². The number of piperidine rings is 1. The number of carbonyl (C=O) groups excluding carboxylic acids is 1. The number of methoxy groups -OCH3 is 1. The number of hydrogen-bond donors (Lipinski definition) is 0. The van der Waals surface area contributed by atoms with E-state index in [9.17, 15) is 4.79 Å². The van der Waals surface area contributed by atoms with Gasteiger partial charge in [0.05, 0.1) is 5.60 Å². The zero-order chi connectivity index (χ0) is 16.9. The smallest absolute Gasteiger partial charge is 0.222 e. The molecule has 0 aliphatic carbocycles. The van der Waals surface area contributed by atoms with E-state index in [0.29, 0.717) is 6.42 Å². The summed E-state index contributed by atoms with van der Waals surface area (Å²) in [5.74, 6) is 0.170. The predicted octanol–water partition coefficient (Wildman–Crippen LogP) is 2.24. The molecule has 1 aromatic heterocycles. The molecule has 0 bridgehead atoms. The number of pyridine rings is 1. The van der Waals surface area contributed by atoms with Gasteiger partial charge in [-0.25, -0.2) is 0 Å². The van der Waals surface area contributed by atoms with E-state index >= 15 is 0 Å². The highest BCUT2D eigenvalue weighted by atomic mass is 16.5. The summed E-state index contributed by atoms with van der Waals surface area (Å²) in [6, 6.07) is 2.09. The van der Waals surface area contributed by atoms with Crippen LogP contribution in [0.25, 0.3) is 0 Å². The molecule has 1 atom stereocenters. The lowest BCUT2D eigenvalue weighted by Crippen LogP contribution is -2.49. The number of nitrogens with zero attached hydrogens (tertiary/aromatic N) is 3. The molecule has 1 aliphatic heterocycles. The van der Waals surface area contributed by atoms with E-state index in [-0.39, 0.29) is 11.5 Å². The summed E-state index contributed by atoms with van der Waals surface area (Å²) >= 11 is 0. The largest absolute Gasteiger partial charge is 0.377 e. The van der Waals surface area contributed by atoms with Gasteiger partial charge in [-0.1, -0.05) is 0 Å². The molecule has 1 aliphatic rings. The van der Waals surface area contributed by atoms with Crippen LogP contribution in [-0.4, -0.2) is 60.6 Å². The molecule has 1 fully saturated rings. The molecule has 1 aromatic rings. The molecule has 1 saturated heterocycles. The lowest BCUT2D eigenvalue weighted by atomic mass is 9.87. The second-order valence-corrected chi connectivity index (χ2v) is 6.79. The molecule has 0 N–H and O–H groups in total. The lowest BCUT2D eigenvalue weighted by molar-refractivity contribution is -0.131. The van der Waals surface area contributed by atoms with Crippen molar-refractivity contribution >= 4 is 5.91 Å². The highest BCUT2D eigenvalue weighted by Crippen LogP contribution is 2.30. The Morgan fingerprint density at radius 2 is 2.26 bits per heavy atom. The van der Waals surface area contributed by atoms with Crippen LogP contribution in [0.15, 0.2) is 18.5 Å². The molecule has 128 valence electrons. The van der Waals surface area contributed by atoms with Crippen molar-refractivity contribution in [3.05, 3.63) is 29.6 Å². The first kappa shape index (κ1) is 17.9. The van der Waals surface area contributed by atoms with E-state index in [2.05, 4.69) is 22.9 Å². The monoisotopic (exact) mass is 319 g/mol. The highest BCUT2D eigenvalue weighted by molar-refractivity contribution is 5.75. The van der Waals surface area contributed by atoms with E-state index in [1.165, 1.54) is 11.1 Å². The third-order valence-corrected chi connectivity index (χ3v) is 4.88. The van der Waals surface area contributed by atoms with Gasteiger partial charge in [-0.3, -0.25) is 14.7 Å². The Morgan fingerprint density at radius 1 is 1.48 bits per heavy atom. The molecule has 0 aromatic carbocycles. The normalized spacial score (nSPS) is 22.1. The molecule has 1 amide bonds. The molecular weight excluding hydrogens is 290 g/mol. The van der Waals surface area contributed by atoms with Gasteiger partial charge in [0, 0.05) is 53.1 Å². The summed E-state index contributed by atoms with van der Waals surface area (Å²) in [4.78, 5) is 20.2. The van der Waals surface area contributed by atoms with Crippen molar-refractivity contribution in [2.75, 3.05) is 34.3 Å². The second-order valence-electron chi connectivity index (χ2n) is 6.79. The molecular formula is C18H29N3O2. The number of rotatable bonds is 6. The van der Waals surface area contributed by atoms with Crippen molar-refractivity contribution in [2.24, 2.45) is 0 Å². The maximum absolute atomic E-state index is 11.9. The fourth-order valence-electron chi connectivity index (χ4n) is 3.28. The molecule has 0 saturated carbocycles. The number of likely N-dealkylation sites (tertiary alicyclic amines) is 1. The summed E-state index contributed by atoms with van der Waals surface area (Å²) < 4.78 is 5.88. The standard InChI is InChI=1S/C18H29N3O2/c1-15-12-19-10-7-16(15)13-21-11-5-8-18(14-21,23-4)9-6-17(22)20(2)3/h7,10,12H,5-6,8-9,11,13-14H2,1-4H3/t18-/m0/s1. The summed E-state index contributed by atoms with van der Waals surface area (Å²) in [6.45, 7) is 4.98. The van der Waals surface area contributed by atoms with Gasteiger partial charge in [-0.15, -0.1) is 0 Å². The van der Waals surface area contributed by atoms with Crippen molar-refractivity contribution in [1.82, 2.24) is 14.8 Å². The zero-order valence-electron chi connectivity index (χ0n) is 14.8. The van der Waals surface area contributed by atoms with Crippen LogP contribution in [0.1, 0.15) is 36.8 Å². The van der Waals surface area contributed by atoms with E-state index in [4.69, 9.17) is 4.74 Å². The van der Waals surface area contributed by atoms with Crippen LogP contribution in [-0.2, 0) is 16.1 Å². The Morgan fingerprint density at radius 3 is 2.91 bits per heavy atom. The summed E-state index contributed by atoms with van der Waals surface area (Å²) in [5.41, 5.74) is 2.34. The lowest BCUT2D eigenvalue weighted by Gasteiger charge is -2.42. The minimum absolute atomic E-state index is 0.170. The molecule has 2 heterocycles. The first-order chi connectivity index (χ1) is 11.0. The Kier molecular flexibility index (Phi) is 6.13. The van der Waals surface area contributed by atoms with Crippen molar-refractivity contribution < 1.29 is 9.53 Å². The minimum Gasteiger partial charge on any atom is -0.377 e. The number of ether oxygens (including phenoxy) is 1. The molecule has 23 heavy (non-hydrogen) atoms. The van der Waals surface area contributed by atoms with Gasteiger partial charge in [-0.05, 0) is 49.9 Å². The number of aryl methyl sites for hydroxylation is 1. The van der Waals surface area contributed by atoms with Gasteiger partial charge < -0.3 is 9.64 Å². The maximum Gasteiger partial charge on any atom is 0.222 e. The Balaban J connectivity index is 1.99. The molecule has 2 rings (SSSR count). The molecule has 0 unspecified atom stereocenters. The van der Waals surface area contributed by atoms with Crippen LogP contribution in [0.4, 0.5) is 0 Å². The maximum atomic E-state index is 11.9. The van der Waals surface area contributed by atoms with Gasteiger partial charge in [0.25, 0.3) is 0 Å². The van der Waals surface area contributed by atoms with Crippen LogP contribution in [0.3, 0.4) is 0 Å². The molecule has 0 radical (unpaired) electrons. The SMILES string of the molecule is CO[C@]1(CCC(=O)N(C)C)CCCN(Cc2ccncc2C)C1. The van der Waals surface area contributed by atoms with Gasteiger partial charge in [-0.2, -0.15) is 0 Å². The Hall–Kier alpha value is -1.46. The van der Waals surface area contributed by atoms with Crippen molar-refractivity contribution in [3.8, 4) is 0 Å². The summed E-state index contributed by atoms with van der Waals surface area (Å²) in [6.07, 6.45) is 7.23. The van der Waals surface area contributed by atoms with Crippen molar-refractivity contribution in [2.45, 2.75) is 44.8 Å². The third-order valence-electron chi connectivity index (χ3n) is 4.88. The number of hydrogen-bond acceptors (Lipinski definition) is 4. The topological polar surface area (TPSA) is 45.7 Å². The fraction of sp³-hybridized carbons (Fsp3) is 0.667. The first-order valence-corrected chi connectivity index (χ1v) is 8.33. The van der Waals surface area contributed by atoms with Crippen LogP contribution in [0.5, 0.6) is 0 Å². The number of amides is 1. The quantitative estimate of drug-likeness (QED) is 0.807. The zero-order valence-corrected chi connectivity index (χ0v) is 14.8. The van der Waals surface area contributed by atoms with Crippen molar-refractivity contribution in [1.29, 1.82) is 0 Å².